The number of hydrogen-bond acceptors (Lipinski definition) is 3. The molecular formula is C12H24N2O3. The highest BCUT2D eigenvalue weighted by Crippen LogP contribution is 2.11. The topological polar surface area (TPSA) is 92.4 Å². The maximum atomic E-state index is 11.5. The highest BCUT2D eigenvalue weighted by Gasteiger charge is 2.21. The van der Waals surface area contributed by atoms with Gasteiger partial charge in [-0.15, -0.1) is 0 Å². The third-order valence-electron chi connectivity index (χ3n) is 2.56. The number of hydrogen-bond donors (Lipinski definition) is 3. The molecular weight excluding hydrogens is 220 g/mol. The fourth-order valence-electron chi connectivity index (χ4n) is 1.64. The zero-order valence-corrected chi connectivity index (χ0v) is 10.9. The van der Waals surface area contributed by atoms with Crippen LogP contribution in [0, 0.1) is 11.8 Å². The van der Waals surface area contributed by atoms with Crippen molar-refractivity contribution >= 4 is 11.9 Å². The molecule has 0 saturated heterocycles. The molecule has 1 unspecified atom stereocenters. The molecule has 0 fully saturated rings. The van der Waals surface area contributed by atoms with E-state index < -0.39 is 17.9 Å². The Kier molecular flexibility index (Phi) is 7.54. The number of carboxylic acid groups (broad SMARTS) is 1. The minimum Gasteiger partial charge on any atom is -0.481 e. The molecule has 0 radical (unpaired) electrons. The van der Waals surface area contributed by atoms with Crippen molar-refractivity contribution < 1.29 is 14.7 Å². The van der Waals surface area contributed by atoms with E-state index in [1.54, 1.807) is 0 Å². The SMILES string of the molecule is CCC[C@H](N)C(=O)NCC(CC(C)C)C(=O)O. The number of nitrogens with two attached hydrogens (primary N) is 1. The Labute approximate surface area is 103 Å². The van der Waals surface area contributed by atoms with Crippen molar-refractivity contribution in [2.24, 2.45) is 17.6 Å². The molecule has 0 bridgehead atoms. The van der Waals surface area contributed by atoms with Crippen LogP contribution >= 0.6 is 0 Å². The van der Waals surface area contributed by atoms with E-state index in [2.05, 4.69) is 5.32 Å². The van der Waals surface area contributed by atoms with Crippen LogP contribution in [0.4, 0.5) is 0 Å². The van der Waals surface area contributed by atoms with E-state index in [1.165, 1.54) is 0 Å². The van der Waals surface area contributed by atoms with Gasteiger partial charge in [-0.05, 0) is 18.8 Å². The summed E-state index contributed by atoms with van der Waals surface area (Å²) >= 11 is 0. The van der Waals surface area contributed by atoms with Gasteiger partial charge in [-0.2, -0.15) is 0 Å². The number of aliphatic carboxylic acids is 1. The van der Waals surface area contributed by atoms with E-state index in [-0.39, 0.29) is 18.4 Å². The second-order valence-electron chi connectivity index (χ2n) is 4.81. The number of amides is 1. The minimum atomic E-state index is -0.872. The highest BCUT2D eigenvalue weighted by molar-refractivity contribution is 5.82. The average Bonchev–Trinajstić information content (AvgIpc) is 2.23. The molecule has 0 aliphatic carbocycles. The van der Waals surface area contributed by atoms with Gasteiger partial charge < -0.3 is 16.2 Å². The standard InChI is InChI=1S/C12H24N2O3/c1-4-5-10(13)11(15)14-7-9(12(16)17)6-8(2)3/h8-10H,4-7,13H2,1-3H3,(H,14,15)(H,16,17)/t9?,10-/m0/s1. The first-order chi connectivity index (χ1) is 7.88. The first-order valence-electron chi connectivity index (χ1n) is 6.14. The summed E-state index contributed by atoms with van der Waals surface area (Å²) in [5, 5.41) is 11.6. The zero-order chi connectivity index (χ0) is 13.4. The van der Waals surface area contributed by atoms with Crippen molar-refractivity contribution in [3.8, 4) is 0 Å². The summed E-state index contributed by atoms with van der Waals surface area (Å²) in [6.45, 7) is 6.02. The largest absolute Gasteiger partial charge is 0.481 e. The van der Waals surface area contributed by atoms with E-state index in [1.807, 2.05) is 20.8 Å². The summed E-state index contributed by atoms with van der Waals surface area (Å²) in [7, 11) is 0. The monoisotopic (exact) mass is 244 g/mol. The lowest BCUT2D eigenvalue weighted by Crippen LogP contribution is -2.43. The van der Waals surface area contributed by atoms with E-state index >= 15 is 0 Å². The van der Waals surface area contributed by atoms with Crippen molar-refractivity contribution in [2.75, 3.05) is 6.54 Å². The van der Waals surface area contributed by atoms with Crippen LogP contribution in [0.3, 0.4) is 0 Å². The maximum absolute atomic E-state index is 11.5. The predicted octanol–water partition coefficient (Wildman–Crippen LogP) is 0.977. The molecule has 5 nitrogen and oxygen atoms in total. The summed E-state index contributed by atoms with van der Waals surface area (Å²) in [5.74, 6) is -1.38. The fourth-order valence-corrected chi connectivity index (χ4v) is 1.64. The lowest BCUT2D eigenvalue weighted by molar-refractivity contribution is -0.142. The normalized spacial score (nSPS) is 14.4. The summed E-state index contributed by atoms with van der Waals surface area (Å²) in [6, 6.07) is -0.534. The third-order valence-corrected chi connectivity index (χ3v) is 2.56. The summed E-state index contributed by atoms with van der Waals surface area (Å²) in [6.07, 6.45) is 2.01. The van der Waals surface area contributed by atoms with Crippen LogP contribution in [0.5, 0.6) is 0 Å². The highest BCUT2D eigenvalue weighted by atomic mass is 16.4. The van der Waals surface area contributed by atoms with Gasteiger partial charge in [0.2, 0.25) is 5.91 Å². The minimum absolute atomic E-state index is 0.157. The molecule has 0 aliphatic heterocycles. The van der Waals surface area contributed by atoms with Crippen LogP contribution in [-0.4, -0.2) is 29.6 Å². The van der Waals surface area contributed by atoms with Gasteiger partial charge in [0.1, 0.15) is 0 Å². The molecule has 4 N–H and O–H groups in total. The Morgan fingerprint density at radius 2 is 1.94 bits per heavy atom. The van der Waals surface area contributed by atoms with Crippen molar-refractivity contribution in [1.82, 2.24) is 5.32 Å². The number of rotatable bonds is 8. The number of carbonyl (C=O) groups excluding carboxylic acids is 1. The molecule has 17 heavy (non-hydrogen) atoms. The lowest BCUT2D eigenvalue weighted by Gasteiger charge is -2.17. The molecule has 0 saturated carbocycles. The lowest BCUT2D eigenvalue weighted by atomic mass is 9.97. The van der Waals surface area contributed by atoms with Gasteiger partial charge in [0.15, 0.2) is 0 Å². The molecule has 0 aliphatic rings. The number of carbonyl (C=O) groups is 2. The van der Waals surface area contributed by atoms with Crippen molar-refractivity contribution in [2.45, 2.75) is 46.1 Å². The van der Waals surface area contributed by atoms with Crippen molar-refractivity contribution in [1.29, 1.82) is 0 Å². The van der Waals surface area contributed by atoms with Crippen LogP contribution in [0.15, 0.2) is 0 Å². The average molecular weight is 244 g/mol. The fraction of sp³-hybridized carbons (Fsp3) is 0.833. The predicted molar refractivity (Wildman–Crippen MR) is 66.5 cm³/mol. The Morgan fingerprint density at radius 3 is 2.35 bits per heavy atom. The van der Waals surface area contributed by atoms with Gasteiger partial charge >= 0.3 is 5.97 Å². The van der Waals surface area contributed by atoms with Crippen molar-refractivity contribution in [3.05, 3.63) is 0 Å². The molecule has 5 heteroatoms. The quantitative estimate of drug-likeness (QED) is 0.593. The second-order valence-corrected chi connectivity index (χ2v) is 4.81. The molecule has 100 valence electrons. The molecule has 0 rings (SSSR count). The van der Waals surface area contributed by atoms with E-state index in [4.69, 9.17) is 10.8 Å². The molecule has 2 atom stereocenters. The van der Waals surface area contributed by atoms with Gasteiger partial charge in [-0.25, -0.2) is 0 Å². The van der Waals surface area contributed by atoms with Gasteiger partial charge in [0.05, 0.1) is 12.0 Å². The van der Waals surface area contributed by atoms with Crippen LogP contribution < -0.4 is 11.1 Å². The Balaban J connectivity index is 4.12. The molecule has 0 aromatic heterocycles. The van der Waals surface area contributed by atoms with Crippen LogP contribution in [0.25, 0.3) is 0 Å². The summed E-state index contributed by atoms with van der Waals surface area (Å²) < 4.78 is 0. The number of carboxylic acids is 1. The number of nitrogens with one attached hydrogen (secondary N) is 1. The summed E-state index contributed by atoms with van der Waals surface area (Å²) in [4.78, 5) is 22.5. The first kappa shape index (κ1) is 15.9. The van der Waals surface area contributed by atoms with E-state index in [9.17, 15) is 9.59 Å². The smallest absolute Gasteiger partial charge is 0.308 e. The Morgan fingerprint density at radius 1 is 1.35 bits per heavy atom. The molecule has 0 aromatic carbocycles. The van der Waals surface area contributed by atoms with Gasteiger partial charge in [-0.3, -0.25) is 9.59 Å². The van der Waals surface area contributed by atoms with Crippen LogP contribution in [0.1, 0.15) is 40.0 Å². The van der Waals surface area contributed by atoms with Crippen LogP contribution in [0.2, 0.25) is 0 Å². The third kappa shape index (κ3) is 6.94. The Bertz CT molecular complexity index is 254. The second kappa shape index (κ2) is 8.06. The van der Waals surface area contributed by atoms with Crippen molar-refractivity contribution in [3.63, 3.8) is 0 Å². The first-order valence-corrected chi connectivity index (χ1v) is 6.14. The molecule has 0 heterocycles. The van der Waals surface area contributed by atoms with Gasteiger partial charge in [0.25, 0.3) is 0 Å². The molecule has 0 spiro atoms. The van der Waals surface area contributed by atoms with E-state index in [0.717, 1.165) is 6.42 Å². The molecule has 0 aromatic rings. The van der Waals surface area contributed by atoms with Gasteiger partial charge in [0, 0.05) is 6.54 Å². The van der Waals surface area contributed by atoms with Gasteiger partial charge in [-0.1, -0.05) is 27.2 Å². The molecule has 1 amide bonds. The maximum Gasteiger partial charge on any atom is 0.308 e. The zero-order valence-electron chi connectivity index (χ0n) is 10.9. The Hall–Kier alpha value is -1.10. The van der Waals surface area contributed by atoms with E-state index in [0.29, 0.717) is 12.8 Å². The summed E-state index contributed by atoms with van der Waals surface area (Å²) in [5.41, 5.74) is 5.63. The van der Waals surface area contributed by atoms with Crippen LogP contribution in [-0.2, 0) is 9.59 Å².